The number of aromatic nitrogens is 2. The Morgan fingerprint density at radius 2 is 1.07 bits per heavy atom. The van der Waals surface area contributed by atoms with Gasteiger partial charge in [-0.3, -0.25) is 4.57 Å². The molecule has 0 atom stereocenters. The molecule has 0 fully saturated rings. The van der Waals surface area contributed by atoms with Crippen LogP contribution in [0.25, 0.3) is 61.5 Å². The van der Waals surface area contributed by atoms with E-state index in [1.54, 1.807) is 0 Å². The fraction of sp³-hybridized carbons (Fsp3) is 0.0750. The second-order valence-corrected chi connectivity index (χ2v) is 11.6. The van der Waals surface area contributed by atoms with Crippen molar-refractivity contribution in [1.82, 2.24) is 9.55 Å². The maximum Gasteiger partial charge on any atom is 0.145 e. The number of para-hydroxylation sites is 2. The van der Waals surface area contributed by atoms with Crippen molar-refractivity contribution in [2.24, 2.45) is 0 Å². The standard InChI is InChI=1S/C40H30N2/c1-40(2)34-15-7-6-13-33(34)38-32(14-10-16-35(38)40)29-19-21-30(22-20-29)39-41-36-17-8-9-18-37(36)42(39)31-25-23-28(24-26-31)27-11-4-3-5-12-27/h3-26H,1-2H3. The first-order valence-electron chi connectivity index (χ1n) is 14.6. The number of benzene rings is 6. The van der Waals surface area contributed by atoms with E-state index in [0.717, 1.165) is 28.1 Å². The van der Waals surface area contributed by atoms with Gasteiger partial charge in [0.1, 0.15) is 5.82 Å². The van der Waals surface area contributed by atoms with Gasteiger partial charge in [-0.1, -0.05) is 135 Å². The zero-order chi connectivity index (χ0) is 28.3. The summed E-state index contributed by atoms with van der Waals surface area (Å²) in [5.74, 6) is 0.944. The molecule has 0 bridgehead atoms. The predicted molar refractivity (Wildman–Crippen MR) is 175 cm³/mol. The van der Waals surface area contributed by atoms with Crippen LogP contribution < -0.4 is 0 Å². The van der Waals surface area contributed by atoms with E-state index >= 15 is 0 Å². The Morgan fingerprint density at radius 3 is 1.88 bits per heavy atom. The number of rotatable bonds is 4. The van der Waals surface area contributed by atoms with E-state index < -0.39 is 0 Å². The molecule has 8 rings (SSSR count). The van der Waals surface area contributed by atoms with Gasteiger partial charge in [0.05, 0.1) is 11.0 Å². The molecule has 0 aliphatic heterocycles. The zero-order valence-corrected chi connectivity index (χ0v) is 23.8. The van der Waals surface area contributed by atoms with E-state index in [-0.39, 0.29) is 5.41 Å². The molecule has 1 heterocycles. The van der Waals surface area contributed by atoms with Crippen LogP contribution in [-0.4, -0.2) is 9.55 Å². The fourth-order valence-corrected chi connectivity index (χ4v) is 6.71. The van der Waals surface area contributed by atoms with Crippen LogP contribution in [0.1, 0.15) is 25.0 Å². The fourth-order valence-electron chi connectivity index (χ4n) is 6.71. The molecule has 1 aliphatic rings. The molecule has 0 N–H and O–H groups in total. The Morgan fingerprint density at radius 1 is 0.476 bits per heavy atom. The van der Waals surface area contributed by atoms with Gasteiger partial charge in [-0.2, -0.15) is 0 Å². The van der Waals surface area contributed by atoms with Crippen molar-refractivity contribution >= 4 is 11.0 Å². The van der Waals surface area contributed by atoms with Crippen LogP contribution in [0.5, 0.6) is 0 Å². The van der Waals surface area contributed by atoms with Gasteiger partial charge in [-0.15, -0.1) is 0 Å². The summed E-state index contributed by atoms with van der Waals surface area (Å²) in [4.78, 5) is 5.11. The summed E-state index contributed by atoms with van der Waals surface area (Å²) < 4.78 is 2.28. The molecule has 0 saturated carbocycles. The van der Waals surface area contributed by atoms with Crippen LogP contribution in [0, 0.1) is 0 Å². The number of fused-ring (bicyclic) bond motifs is 4. The van der Waals surface area contributed by atoms with Gasteiger partial charge in [-0.05, 0) is 68.8 Å². The lowest BCUT2D eigenvalue weighted by molar-refractivity contribution is 0.660. The first kappa shape index (κ1) is 24.6. The van der Waals surface area contributed by atoms with Gasteiger partial charge in [0.15, 0.2) is 0 Å². The van der Waals surface area contributed by atoms with E-state index in [1.807, 2.05) is 0 Å². The van der Waals surface area contributed by atoms with Gasteiger partial charge < -0.3 is 0 Å². The summed E-state index contributed by atoms with van der Waals surface area (Å²) in [7, 11) is 0. The van der Waals surface area contributed by atoms with Crippen molar-refractivity contribution in [1.29, 1.82) is 0 Å². The summed E-state index contributed by atoms with van der Waals surface area (Å²) in [6.45, 7) is 4.67. The lowest BCUT2D eigenvalue weighted by Crippen LogP contribution is -2.14. The van der Waals surface area contributed by atoms with Gasteiger partial charge in [0, 0.05) is 16.7 Å². The zero-order valence-electron chi connectivity index (χ0n) is 23.8. The largest absolute Gasteiger partial charge is 0.292 e. The molecule has 42 heavy (non-hydrogen) atoms. The second kappa shape index (κ2) is 9.43. The van der Waals surface area contributed by atoms with E-state index in [2.05, 4.69) is 164 Å². The van der Waals surface area contributed by atoms with Crippen LogP contribution >= 0.6 is 0 Å². The van der Waals surface area contributed by atoms with Crippen LogP contribution in [-0.2, 0) is 5.41 Å². The molecular formula is C40H30N2. The number of hydrogen-bond donors (Lipinski definition) is 0. The maximum absolute atomic E-state index is 5.11. The van der Waals surface area contributed by atoms with Crippen LogP contribution in [0.2, 0.25) is 0 Å². The first-order valence-corrected chi connectivity index (χ1v) is 14.6. The molecule has 6 aromatic carbocycles. The highest BCUT2D eigenvalue weighted by molar-refractivity contribution is 5.93. The summed E-state index contributed by atoms with van der Waals surface area (Å²) in [5.41, 5.74) is 14.7. The van der Waals surface area contributed by atoms with E-state index in [0.29, 0.717) is 0 Å². The van der Waals surface area contributed by atoms with Crippen molar-refractivity contribution in [3.63, 3.8) is 0 Å². The predicted octanol–water partition coefficient (Wildman–Crippen LogP) is 10.3. The molecule has 0 unspecified atom stereocenters. The Hall–Kier alpha value is -5.21. The van der Waals surface area contributed by atoms with E-state index in [4.69, 9.17) is 4.98 Å². The van der Waals surface area contributed by atoms with Crippen molar-refractivity contribution in [3.8, 4) is 50.5 Å². The number of imidazole rings is 1. The Bertz CT molecular complexity index is 2080. The molecule has 1 aliphatic carbocycles. The molecular weight excluding hydrogens is 508 g/mol. The third kappa shape index (κ3) is 3.76. The molecule has 0 amide bonds. The van der Waals surface area contributed by atoms with Crippen LogP contribution in [0.15, 0.2) is 146 Å². The van der Waals surface area contributed by atoms with Gasteiger partial charge in [0.25, 0.3) is 0 Å². The Balaban J connectivity index is 1.23. The second-order valence-electron chi connectivity index (χ2n) is 11.6. The van der Waals surface area contributed by atoms with Crippen molar-refractivity contribution in [2.45, 2.75) is 19.3 Å². The molecule has 0 spiro atoms. The average molecular weight is 539 g/mol. The minimum Gasteiger partial charge on any atom is -0.292 e. The summed E-state index contributed by atoms with van der Waals surface area (Å²) >= 11 is 0. The molecule has 1 aromatic heterocycles. The topological polar surface area (TPSA) is 17.8 Å². The highest BCUT2D eigenvalue weighted by Crippen LogP contribution is 2.52. The van der Waals surface area contributed by atoms with Crippen molar-refractivity contribution < 1.29 is 0 Å². The molecule has 0 saturated heterocycles. The molecule has 2 heteroatoms. The Kier molecular flexibility index (Phi) is 5.52. The highest BCUT2D eigenvalue weighted by Gasteiger charge is 2.36. The minimum atomic E-state index is -0.0111. The summed E-state index contributed by atoms with van der Waals surface area (Å²) in [6, 6.07) is 52.2. The van der Waals surface area contributed by atoms with Gasteiger partial charge in [0.2, 0.25) is 0 Å². The minimum absolute atomic E-state index is 0.0111. The molecule has 7 aromatic rings. The third-order valence-electron chi connectivity index (χ3n) is 8.86. The average Bonchev–Trinajstić information content (AvgIpc) is 3.55. The first-order chi connectivity index (χ1) is 20.6. The number of hydrogen-bond acceptors (Lipinski definition) is 1. The highest BCUT2D eigenvalue weighted by atomic mass is 15.1. The summed E-state index contributed by atoms with van der Waals surface area (Å²) in [5, 5.41) is 0. The molecule has 2 nitrogen and oxygen atoms in total. The number of nitrogens with zero attached hydrogens (tertiary/aromatic N) is 2. The maximum atomic E-state index is 5.11. The smallest absolute Gasteiger partial charge is 0.145 e. The van der Waals surface area contributed by atoms with Gasteiger partial charge in [-0.25, -0.2) is 4.98 Å². The monoisotopic (exact) mass is 538 g/mol. The van der Waals surface area contributed by atoms with Crippen molar-refractivity contribution in [2.75, 3.05) is 0 Å². The van der Waals surface area contributed by atoms with Crippen molar-refractivity contribution in [3.05, 3.63) is 157 Å². The molecule has 0 radical (unpaired) electrons. The van der Waals surface area contributed by atoms with Crippen LogP contribution in [0.4, 0.5) is 0 Å². The van der Waals surface area contributed by atoms with E-state index in [1.165, 1.54) is 44.5 Å². The lowest BCUT2D eigenvalue weighted by Gasteiger charge is -2.21. The van der Waals surface area contributed by atoms with Gasteiger partial charge >= 0.3 is 0 Å². The lowest BCUT2D eigenvalue weighted by atomic mass is 9.82. The Labute approximate surface area is 246 Å². The normalized spacial score (nSPS) is 13.2. The van der Waals surface area contributed by atoms with E-state index in [9.17, 15) is 0 Å². The quantitative estimate of drug-likeness (QED) is 0.218. The summed E-state index contributed by atoms with van der Waals surface area (Å²) in [6.07, 6.45) is 0. The third-order valence-corrected chi connectivity index (χ3v) is 8.86. The SMILES string of the molecule is CC1(C)c2ccccc2-c2c(-c3ccc(-c4nc5ccccc5n4-c4ccc(-c5ccccc5)cc4)cc3)cccc21. The van der Waals surface area contributed by atoms with Crippen LogP contribution in [0.3, 0.4) is 0 Å². The molecule has 200 valence electrons.